The Morgan fingerprint density at radius 1 is 0.302 bits per heavy atom. The molecular formula is C57H32N4O2. The van der Waals surface area contributed by atoms with Crippen molar-refractivity contribution in [3.05, 3.63) is 194 Å². The average molecular weight is 805 g/mol. The number of furan rings is 2. The predicted molar refractivity (Wildman–Crippen MR) is 258 cm³/mol. The van der Waals surface area contributed by atoms with Crippen LogP contribution in [0.3, 0.4) is 0 Å². The molecular weight excluding hydrogens is 773 g/mol. The molecule has 0 N–H and O–H groups in total. The first kappa shape index (κ1) is 34.1. The number of hydrogen-bond donors (Lipinski definition) is 0. The van der Waals surface area contributed by atoms with Crippen LogP contribution >= 0.6 is 0 Å². The van der Waals surface area contributed by atoms with E-state index >= 15 is 0 Å². The summed E-state index contributed by atoms with van der Waals surface area (Å²) in [6.45, 7) is 0. The first-order chi connectivity index (χ1) is 31.2. The van der Waals surface area contributed by atoms with Crippen LogP contribution < -0.4 is 0 Å². The fourth-order valence-corrected chi connectivity index (χ4v) is 9.77. The lowest BCUT2D eigenvalue weighted by Gasteiger charge is -2.13. The van der Waals surface area contributed by atoms with Crippen molar-refractivity contribution < 1.29 is 8.83 Å². The third kappa shape index (κ3) is 5.15. The average Bonchev–Trinajstić information content (AvgIpc) is 4.01. The Hall–Kier alpha value is -8.61. The van der Waals surface area contributed by atoms with Gasteiger partial charge in [-0.2, -0.15) is 0 Å². The molecule has 0 saturated heterocycles. The van der Waals surface area contributed by atoms with Crippen molar-refractivity contribution in [2.45, 2.75) is 0 Å². The van der Waals surface area contributed by atoms with Gasteiger partial charge in [-0.05, 0) is 88.3 Å². The lowest BCUT2D eigenvalue weighted by molar-refractivity contribution is 0.669. The molecule has 63 heavy (non-hydrogen) atoms. The molecule has 14 rings (SSSR count). The van der Waals surface area contributed by atoms with Gasteiger partial charge in [-0.25, -0.2) is 15.0 Å². The Morgan fingerprint density at radius 2 is 0.825 bits per heavy atom. The van der Waals surface area contributed by atoms with Gasteiger partial charge in [0.2, 0.25) is 0 Å². The molecule has 4 heterocycles. The monoisotopic (exact) mass is 804 g/mol. The van der Waals surface area contributed by atoms with E-state index in [9.17, 15) is 0 Å². The highest BCUT2D eigenvalue weighted by molar-refractivity contribution is 6.21. The van der Waals surface area contributed by atoms with Crippen molar-refractivity contribution >= 4 is 98.0 Å². The van der Waals surface area contributed by atoms with Crippen LogP contribution in [0.2, 0.25) is 0 Å². The fraction of sp³-hybridized carbons (Fsp3) is 0. The summed E-state index contributed by atoms with van der Waals surface area (Å²) in [4.78, 5) is 15.2. The minimum Gasteiger partial charge on any atom is -0.456 e. The molecule has 0 bridgehead atoms. The summed E-state index contributed by atoms with van der Waals surface area (Å²) in [7, 11) is 0. The Morgan fingerprint density at radius 3 is 1.52 bits per heavy atom. The maximum Gasteiger partial charge on any atom is 0.164 e. The summed E-state index contributed by atoms with van der Waals surface area (Å²) >= 11 is 0. The summed E-state index contributed by atoms with van der Waals surface area (Å²) in [6, 6.07) is 68.2. The van der Waals surface area contributed by atoms with Crippen LogP contribution in [-0.2, 0) is 0 Å². The second-order valence-electron chi connectivity index (χ2n) is 16.4. The number of aromatic nitrogens is 4. The van der Waals surface area contributed by atoms with Crippen LogP contribution in [0.5, 0.6) is 0 Å². The largest absolute Gasteiger partial charge is 0.456 e. The molecule has 0 saturated carbocycles. The van der Waals surface area contributed by atoms with E-state index in [2.05, 4.69) is 138 Å². The highest BCUT2D eigenvalue weighted by atomic mass is 16.3. The normalized spacial score (nSPS) is 12.1. The molecule has 6 nitrogen and oxygen atoms in total. The summed E-state index contributed by atoms with van der Waals surface area (Å²) in [5, 5.41) is 13.6. The topological polar surface area (TPSA) is 69.9 Å². The van der Waals surface area contributed by atoms with Crippen LogP contribution in [-0.4, -0.2) is 19.5 Å². The summed E-state index contributed by atoms with van der Waals surface area (Å²) in [5.74, 6) is 1.74. The fourth-order valence-electron chi connectivity index (χ4n) is 9.77. The molecule has 0 unspecified atom stereocenters. The van der Waals surface area contributed by atoms with Gasteiger partial charge in [0.15, 0.2) is 17.5 Å². The van der Waals surface area contributed by atoms with Crippen molar-refractivity contribution in [3.8, 4) is 39.9 Å². The summed E-state index contributed by atoms with van der Waals surface area (Å²) < 4.78 is 15.5. The van der Waals surface area contributed by atoms with Crippen molar-refractivity contribution in [3.63, 3.8) is 0 Å². The van der Waals surface area contributed by atoms with E-state index in [4.69, 9.17) is 23.8 Å². The van der Waals surface area contributed by atoms with Crippen molar-refractivity contribution in [1.82, 2.24) is 19.5 Å². The maximum atomic E-state index is 6.91. The van der Waals surface area contributed by atoms with Gasteiger partial charge in [-0.1, -0.05) is 127 Å². The molecule has 0 atom stereocenters. The smallest absolute Gasteiger partial charge is 0.164 e. The van der Waals surface area contributed by atoms with Crippen molar-refractivity contribution in [2.24, 2.45) is 0 Å². The maximum absolute atomic E-state index is 6.91. The molecule has 292 valence electrons. The molecule has 0 aliphatic rings. The number of fused-ring (bicyclic) bond motifs is 13. The third-order valence-corrected chi connectivity index (χ3v) is 12.8. The SMILES string of the molecule is c1ccc(-c2nc(-c3ccc4c(c3)oc3c5ccccc5c(-n5c6cc7ccccc7cc6c6cc7ccccc7cc65)cc43)nc(-c3ccc4oc5ccccc5c4c3)n2)cc1. The van der Waals surface area contributed by atoms with Gasteiger partial charge in [0.05, 0.1) is 16.7 Å². The van der Waals surface area contributed by atoms with Crippen LogP contribution in [0.4, 0.5) is 0 Å². The van der Waals surface area contributed by atoms with Crippen LogP contribution in [0.15, 0.2) is 203 Å². The lowest BCUT2D eigenvalue weighted by atomic mass is 10.0. The molecule has 14 aromatic rings. The van der Waals surface area contributed by atoms with Gasteiger partial charge in [0.1, 0.15) is 22.3 Å². The molecule has 0 radical (unpaired) electrons. The number of hydrogen-bond acceptors (Lipinski definition) is 5. The van der Waals surface area contributed by atoms with Gasteiger partial charge in [0, 0.05) is 59.8 Å². The van der Waals surface area contributed by atoms with E-state index in [1.807, 2.05) is 60.7 Å². The van der Waals surface area contributed by atoms with E-state index in [0.29, 0.717) is 17.5 Å². The Balaban J connectivity index is 0.987. The van der Waals surface area contributed by atoms with E-state index < -0.39 is 0 Å². The van der Waals surface area contributed by atoms with Crippen molar-refractivity contribution in [2.75, 3.05) is 0 Å². The minimum absolute atomic E-state index is 0.564. The predicted octanol–water partition coefficient (Wildman–Crippen LogP) is 15.2. The molecule has 6 heteroatoms. The third-order valence-electron chi connectivity index (χ3n) is 12.8. The molecule has 0 spiro atoms. The molecule has 0 aliphatic heterocycles. The van der Waals surface area contributed by atoms with E-state index in [1.165, 1.54) is 43.4 Å². The van der Waals surface area contributed by atoms with E-state index in [-0.39, 0.29) is 0 Å². The number of rotatable bonds is 4. The van der Waals surface area contributed by atoms with Crippen LogP contribution in [0.25, 0.3) is 138 Å². The highest BCUT2D eigenvalue weighted by Gasteiger charge is 2.21. The Bertz CT molecular complexity index is 4120. The summed E-state index contributed by atoms with van der Waals surface area (Å²) in [5.41, 5.74) is 9.34. The van der Waals surface area contributed by atoms with E-state index in [0.717, 1.165) is 77.0 Å². The van der Waals surface area contributed by atoms with Gasteiger partial charge < -0.3 is 13.4 Å². The Kier molecular flexibility index (Phi) is 7.02. The molecule has 10 aromatic carbocycles. The van der Waals surface area contributed by atoms with Gasteiger partial charge in [-0.3, -0.25) is 0 Å². The van der Waals surface area contributed by atoms with Crippen molar-refractivity contribution in [1.29, 1.82) is 0 Å². The summed E-state index contributed by atoms with van der Waals surface area (Å²) in [6.07, 6.45) is 0. The molecule has 0 fully saturated rings. The molecule has 0 amide bonds. The first-order valence-electron chi connectivity index (χ1n) is 21.2. The second kappa shape index (κ2) is 12.9. The molecule has 0 aliphatic carbocycles. The minimum atomic E-state index is 0.564. The zero-order valence-electron chi connectivity index (χ0n) is 33.6. The van der Waals surface area contributed by atoms with Gasteiger partial charge in [-0.15, -0.1) is 0 Å². The first-order valence-corrected chi connectivity index (χ1v) is 21.2. The Labute approximate surface area is 358 Å². The zero-order chi connectivity index (χ0) is 41.2. The number of para-hydroxylation sites is 1. The van der Waals surface area contributed by atoms with E-state index in [1.54, 1.807) is 0 Å². The second-order valence-corrected chi connectivity index (χ2v) is 16.4. The highest BCUT2D eigenvalue weighted by Crippen LogP contribution is 2.43. The van der Waals surface area contributed by atoms with Crippen LogP contribution in [0, 0.1) is 0 Å². The number of nitrogens with zero attached hydrogens (tertiary/aromatic N) is 4. The van der Waals surface area contributed by atoms with Crippen LogP contribution in [0.1, 0.15) is 0 Å². The van der Waals surface area contributed by atoms with Gasteiger partial charge >= 0.3 is 0 Å². The number of benzene rings is 10. The quantitative estimate of drug-likeness (QED) is 0.177. The molecule has 4 aromatic heterocycles. The lowest BCUT2D eigenvalue weighted by Crippen LogP contribution is -2.00. The zero-order valence-corrected chi connectivity index (χ0v) is 33.6. The standard InChI is InChI=1S/C57H32N4O2/c1-2-12-33(13-3-1)55-58-56(38-23-25-52-46(28-38)41-19-10-11-21-51(41)62-52)60-57(59-55)39-22-24-42-47-32-50(40-18-8-9-20-43(40)54(47)63-53(42)31-39)61-48-29-36-16-6-4-14-34(36)26-44(48)45-27-35-15-5-7-17-37(35)30-49(45)61/h1-32H. The van der Waals surface area contributed by atoms with Gasteiger partial charge in [0.25, 0.3) is 0 Å².